The summed E-state index contributed by atoms with van der Waals surface area (Å²) < 4.78 is 13.7. The van der Waals surface area contributed by atoms with E-state index in [1.807, 2.05) is 80.1 Å². The molecule has 0 aliphatic carbocycles. The molecule has 150 valence electrons. The van der Waals surface area contributed by atoms with E-state index in [9.17, 15) is 4.79 Å². The van der Waals surface area contributed by atoms with Gasteiger partial charge in [0.2, 0.25) is 6.10 Å². The first-order chi connectivity index (χ1) is 14.0. The molecule has 29 heavy (non-hydrogen) atoms. The maximum Gasteiger partial charge on any atom is 0.265 e. The number of aromatic nitrogens is 2. The molecule has 1 amide bonds. The van der Waals surface area contributed by atoms with Crippen LogP contribution < -0.4 is 14.8 Å². The van der Waals surface area contributed by atoms with Crippen molar-refractivity contribution in [2.24, 2.45) is 0 Å². The van der Waals surface area contributed by atoms with Gasteiger partial charge >= 0.3 is 0 Å². The first-order valence-electron chi connectivity index (χ1n) is 9.85. The Morgan fingerprint density at radius 1 is 1.10 bits per heavy atom. The molecule has 2 aromatic carbocycles. The van der Waals surface area contributed by atoms with Crippen molar-refractivity contribution >= 4 is 5.91 Å². The van der Waals surface area contributed by atoms with Crippen molar-refractivity contribution in [3.05, 3.63) is 72.1 Å². The van der Waals surface area contributed by atoms with Crippen LogP contribution in [0.25, 0.3) is 5.69 Å². The molecule has 1 aromatic heterocycles. The number of nitrogens with zero attached hydrogens (tertiary/aromatic N) is 2. The summed E-state index contributed by atoms with van der Waals surface area (Å²) in [5, 5.41) is 7.66. The highest BCUT2D eigenvalue weighted by Gasteiger charge is 2.34. The van der Waals surface area contributed by atoms with E-state index >= 15 is 0 Å². The van der Waals surface area contributed by atoms with E-state index in [0.29, 0.717) is 17.9 Å². The molecule has 1 N–H and O–H groups in total. The van der Waals surface area contributed by atoms with Gasteiger partial charge in [0.15, 0.2) is 11.5 Å². The fraction of sp³-hybridized carbons (Fsp3) is 0.304. The molecule has 0 spiro atoms. The molecule has 3 atom stereocenters. The summed E-state index contributed by atoms with van der Waals surface area (Å²) in [6.45, 7) is 5.80. The number of ether oxygens (including phenoxy) is 2. The first kappa shape index (κ1) is 19.1. The van der Waals surface area contributed by atoms with Crippen LogP contribution in [0.2, 0.25) is 0 Å². The molecule has 3 aromatic rings. The third kappa shape index (κ3) is 4.11. The Labute approximate surface area is 170 Å². The number of benzene rings is 2. The van der Waals surface area contributed by atoms with Crippen molar-refractivity contribution in [1.82, 2.24) is 15.1 Å². The topological polar surface area (TPSA) is 65.4 Å². The molecule has 2 heterocycles. The maximum atomic E-state index is 12.8. The van der Waals surface area contributed by atoms with Crippen LogP contribution in [0.5, 0.6) is 11.5 Å². The van der Waals surface area contributed by atoms with E-state index in [0.717, 1.165) is 17.1 Å². The summed E-state index contributed by atoms with van der Waals surface area (Å²) in [5.74, 6) is 1.08. The number of aryl methyl sites for hydroxylation is 1. The lowest BCUT2D eigenvalue weighted by atomic mass is 10.1. The van der Waals surface area contributed by atoms with E-state index in [4.69, 9.17) is 9.47 Å². The zero-order valence-electron chi connectivity index (χ0n) is 16.8. The molecule has 0 radical (unpaired) electrons. The molecule has 0 unspecified atom stereocenters. The van der Waals surface area contributed by atoms with E-state index in [1.54, 1.807) is 0 Å². The zero-order chi connectivity index (χ0) is 20.4. The van der Waals surface area contributed by atoms with Crippen molar-refractivity contribution < 1.29 is 14.3 Å². The zero-order valence-corrected chi connectivity index (χ0v) is 16.8. The second-order valence-electron chi connectivity index (χ2n) is 7.45. The Morgan fingerprint density at radius 3 is 2.48 bits per heavy atom. The van der Waals surface area contributed by atoms with E-state index in [2.05, 4.69) is 16.5 Å². The van der Waals surface area contributed by atoms with Gasteiger partial charge in [0, 0.05) is 18.2 Å². The van der Waals surface area contributed by atoms with Crippen LogP contribution in [0.4, 0.5) is 0 Å². The van der Waals surface area contributed by atoms with E-state index in [1.165, 1.54) is 0 Å². The monoisotopic (exact) mass is 391 g/mol. The predicted octanol–water partition coefficient (Wildman–Crippen LogP) is 3.46. The van der Waals surface area contributed by atoms with Crippen LogP contribution in [0, 0.1) is 6.92 Å². The minimum atomic E-state index is -0.687. The Morgan fingerprint density at radius 2 is 1.76 bits per heavy atom. The molecule has 0 bridgehead atoms. The highest BCUT2D eigenvalue weighted by atomic mass is 16.6. The lowest BCUT2D eigenvalue weighted by Gasteiger charge is -2.31. The number of carbonyl (C=O) groups is 1. The van der Waals surface area contributed by atoms with Crippen LogP contribution in [-0.4, -0.2) is 33.9 Å². The van der Waals surface area contributed by atoms with Crippen molar-refractivity contribution in [2.75, 3.05) is 0 Å². The van der Waals surface area contributed by atoms with Gasteiger partial charge in [-0.2, -0.15) is 5.10 Å². The Balaban J connectivity index is 1.44. The third-order valence-electron chi connectivity index (χ3n) is 4.91. The number of hydrogen-bond acceptors (Lipinski definition) is 4. The van der Waals surface area contributed by atoms with E-state index < -0.39 is 6.10 Å². The minimum absolute atomic E-state index is 0.0889. The summed E-state index contributed by atoms with van der Waals surface area (Å²) in [6, 6.07) is 19.4. The molecule has 0 fully saturated rings. The fourth-order valence-electron chi connectivity index (χ4n) is 3.59. The number of carbonyl (C=O) groups excluding carboxylic acids is 1. The number of nitrogens with one attached hydrogen (secondary N) is 1. The van der Waals surface area contributed by atoms with Gasteiger partial charge in [-0.05, 0) is 51.1 Å². The highest BCUT2D eigenvalue weighted by Crippen LogP contribution is 2.33. The molecule has 6 nitrogen and oxygen atoms in total. The Hall–Kier alpha value is -3.28. The second-order valence-corrected chi connectivity index (χ2v) is 7.45. The normalized spacial score (nSPS) is 18.9. The average molecular weight is 391 g/mol. The van der Waals surface area contributed by atoms with Gasteiger partial charge in [-0.15, -0.1) is 0 Å². The lowest BCUT2D eigenvalue weighted by Crippen LogP contribution is -2.51. The van der Waals surface area contributed by atoms with E-state index in [-0.39, 0.29) is 18.1 Å². The van der Waals surface area contributed by atoms with Crippen molar-refractivity contribution in [3.8, 4) is 17.2 Å². The van der Waals surface area contributed by atoms with Gasteiger partial charge in [-0.3, -0.25) is 4.79 Å². The minimum Gasteiger partial charge on any atom is -0.482 e. The van der Waals surface area contributed by atoms with Gasteiger partial charge in [0.05, 0.1) is 11.4 Å². The largest absolute Gasteiger partial charge is 0.482 e. The molecule has 0 saturated heterocycles. The number of rotatable bonds is 5. The number of amides is 1. The Kier molecular flexibility index (Phi) is 5.25. The number of para-hydroxylation sites is 3. The van der Waals surface area contributed by atoms with Crippen molar-refractivity contribution in [2.45, 2.75) is 45.4 Å². The van der Waals surface area contributed by atoms with Gasteiger partial charge in [0.25, 0.3) is 5.91 Å². The van der Waals surface area contributed by atoms with Crippen LogP contribution in [0.1, 0.15) is 25.2 Å². The summed E-state index contributed by atoms with van der Waals surface area (Å²) in [7, 11) is 0. The fourth-order valence-corrected chi connectivity index (χ4v) is 3.59. The number of hydrogen-bond donors (Lipinski definition) is 1. The van der Waals surface area contributed by atoms with Crippen LogP contribution in [0.15, 0.2) is 60.7 Å². The Bertz CT molecular complexity index is 1000. The molecule has 6 heteroatoms. The van der Waals surface area contributed by atoms with Gasteiger partial charge in [-0.25, -0.2) is 4.68 Å². The SMILES string of the molecule is Cc1cc(C[C@H](C)NC(=O)[C@H]2Oc3ccccc3O[C@H]2C)n(-c2ccccc2)n1. The lowest BCUT2D eigenvalue weighted by molar-refractivity contribution is -0.134. The molecule has 4 rings (SSSR count). The predicted molar refractivity (Wildman–Crippen MR) is 111 cm³/mol. The molecular formula is C23H25N3O3. The summed E-state index contributed by atoms with van der Waals surface area (Å²) in [5.41, 5.74) is 2.99. The standard InChI is InChI=1S/C23H25N3O3/c1-15(13-19-14-16(2)25-26(19)18-9-5-4-6-10-18)24-23(27)22-17(3)28-20-11-7-8-12-21(20)29-22/h4-12,14-15,17,22H,13H2,1-3H3,(H,24,27)/t15-,17-,22-/m0/s1. The van der Waals surface area contributed by atoms with Gasteiger partial charge < -0.3 is 14.8 Å². The molecule has 1 aliphatic rings. The summed E-state index contributed by atoms with van der Waals surface area (Å²) in [4.78, 5) is 12.8. The van der Waals surface area contributed by atoms with Gasteiger partial charge in [-0.1, -0.05) is 30.3 Å². The summed E-state index contributed by atoms with van der Waals surface area (Å²) in [6.07, 6.45) is -0.401. The maximum absolute atomic E-state index is 12.8. The van der Waals surface area contributed by atoms with Crippen LogP contribution >= 0.6 is 0 Å². The second kappa shape index (κ2) is 7.99. The third-order valence-corrected chi connectivity index (χ3v) is 4.91. The average Bonchev–Trinajstić information content (AvgIpc) is 3.07. The van der Waals surface area contributed by atoms with Crippen molar-refractivity contribution in [1.29, 1.82) is 0 Å². The summed E-state index contributed by atoms with van der Waals surface area (Å²) >= 11 is 0. The van der Waals surface area contributed by atoms with Gasteiger partial charge in [0.1, 0.15) is 6.10 Å². The highest BCUT2D eigenvalue weighted by molar-refractivity contribution is 5.82. The smallest absolute Gasteiger partial charge is 0.265 e. The van der Waals surface area contributed by atoms with Crippen LogP contribution in [-0.2, 0) is 11.2 Å². The quantitative estimate of drug-likeness (QED) is 0.723. The molecule has 1 aliphatic heterocycles. The first-order valence-corrected chi connectivity index (χ1v) is 9.85. The number of fused-ring (bicyclic) bond motifs is 1. The van der Waals surface area contributed by atoms with Crippen molar-refractivity contribution in [3.63, 3.8) is 0 Å². The molecular weight excluding hydrogens is 366 g/mol. The molecule has 0 saturated carbocycles. The van der Waals surface area contributed by atoms with Crippen LogP contribution in [0.3, 0.4) is 0 Å².